The molecule has 1 aliphatic heterocycles. The van der Waals surface area contributed by atoms with Crippen molar-refractivity contribution < 1.29 is 18.0 Å². The maximum atomic E-state index is 14.2. The van der Waals surface area contributed by atoms with Crippen LogP contribution in [0.4, 0.5) is 5.69 Å². The molecule has 0 spiro atoms. The molecule has 1 atom stereocenters. The van der Waals surface area contributed by atoms with Crippen molar-refractivity contribution in [1.29, 1.82) is 0 Å². The Bertz CT molecular complexity index is 1330. The van der Waals surface area contributed by atoms with Crippen molar-refractivity contribution in [3.63, 3.8) is 0 Å². The van der Waals surface area contributed by atoms with E-state index in [9.17, 15) is 18.0 Å². The van der Waals surface area contributed by atoms with Crippen LogP contribution in [0.15, 0.2) is 52.7 Å². The minimum Gasteiger partial charge on any atom is -0.274 e. The van der Waals surface area contributed by atoms with Gasteiger partial charge < -0.3 is 0 Å². The molecule has 1 saturated heterocycles. The molecular weight excluding hydrogens is 468 g/mol. The van der Waals surface area contributed by atoms with Crippen molar-refractivity contribution in [2.75, 3.05) is 4.90 Å². The largest absolute Gasteiger partial charge is 0.274 e. The van der Waals surface area contributed by atoms with Gasteiger partial charge >= 0.3 is 0 Å². The molecule has 1 aliphatic rings. The predicted octanol–water partition coefficient (Wildman–Crippen LogP) is 4.81. The molecule has 1 aromatic heterocycles. The zero-order chi connectivity index (χ0) is 24.8. The van der Waals surface area contributed by atoms with Crippen LogP contribution in [0.5, 0.6) is 0 Å². The fourth-order valence-corrected chi connectivity index (χ4v) is 7.33. The Balaban J connectivity index is 1.83. The number of thiophene rings is 1. The molecule has 0 N–H and O–H groups in total. The first-order valence-corrected chi connectivity index (χ1v) is 13.4. The van der Waals surface area contributed by atoms with Crippen LogP contribution in [0.2, 0.25) is 0 Å². The molecule has 1 unspecified atom stereocenters. The number of nitrogens with zero attached hydrogens (tertiary/aromatic N) is 2. The Morgan fingerprint density at radius 1 is 0.971 bits per heavy atom. The molecule has 0 aliphatic carbocycles. The quantitative estimate of drug-likeness (QED) is 0.459. The van der Waals surface area contributed by atoms with Gasteiger partial charge in [0.1, 0.15) is 6.04 Å². The second-order valence-corrected chi connectivity index (χ2v) is 11.7. The van der Waals surface area contributed by atoms with E-state index in [1.165, 1.54) is 15.6 Å². The lowest BCUT2D eigenvalue weighted by Crippen LogP contribution is -2.45. The molecule has 0 bridgehead atoms. The maximum Gasteiger partial charge on any atom is 0.252 e. The first kappa shape index (κ1) is 24.3. The van der Waals surface area contributed by atoms with Gasteiger partial charge in [-0.1, -0.05) is 29.8 Å². The number of benzene rings is 2. The molecular formula is C26H28N2O4S2. The van der Waals surface area contributed by atoms with Crippen LogP contribution in [-0.2, 0) is 26.2 Å². The molecule has 178 valence electrons. The molecule has 2 heterocycles. The summed E-state index contributed by atoms with van der Waals surface area (Å²) < 4.78 is 29.6. The topological polar surface area (TPSA) is 74.8 Å². The van der Waals surface area contributed by atoms with E-state index in [1.54, 1.807) is 26.0 Å². The first-order chi connectivity index (χ1) is 16.0. The summed E-state index contributed by atoms with van der Waals surface area (Å²) in [6, 6.07) is 11.6. The zero-order valence-electron chi connectivity index (χ0n) is 20.0. The van der Waals surface area contributed by atoms with E-state index in [2.05, 4.69) is 0 Å². The smallest absolute Gasteiger partial charge is 0.252 e. The Hall–Kier alpha value is -2.81. The summed E-state index contributed by atoms with van der Waals surface area (Å²) in [5, 5.41) is 1.87. The van der Waals surface area contributed by atoms with Crippen molar-refractivity contribution in [2.24, 2.45) is 0 Å². The number of rotatable bonds is 6. The SMILES string of the molecule is Cc1ccc(N2C(=O)CC(N(Cc3cccs3)S(=O)(=O)c3c(C)c(C)cc(C)c3C)C2=O)cc1. The number of hydrogen-bond acceptors (Lipinski definition) is 5. The molecule has 8 heteroatoms. The summed E-state index contributed by atoms with van der Waals surface area (Å²) in [5.74, 6) is -0.923. The van der Waals surface area contributed by atoms with Crippen LogP contribution in [-0.4, -0.2) is 30.6 Å². The Morgan fingerprint density at radius 2 is 1.59 bits per heavy atom. The summed E-state index contributed by atoms with van der Waals surface area (Å²) in [7, 11) is -4.10. The van der Waals surface area contributed by atoms with Crippen molar-refractivity contribution in [1.82, 2.24) is 4.31 Å². The molecule has 6 nitrogen and oxygen atoms in total. The predicted molar refractivity (Wildman–Crippen MR) is 135 cm³/mol. The van der Waals surface area contributed by atoms with Crippen molar-refractivity contribution in [3.8, 4) is 0 Å². The summed E-state index contributed by atoms with van der Waals surface area (Å²) in [5.41, 5.74) is 4.51. The maximum absolute atomic E-state index is 14.2. The summed E-state index contributed by atoms with van der Waals surface area (Å²) in [6.45, 7) is 9.29. The number of anilines is 1. The molecule has 2 amide bonds. The second-order valence-electron chi connectivity index (χ2n) is 8.84. The Kier molecular flexibility index (Phi) is 6.50. The van der Waals surface area contributed by atoms with Gasteiger partial charge in [-0.05, 0) is 80.5 Å². The standard InChI is InChI=1S/C26H28N2O4S2/c1-16-8-10-21(11-9-16)28-24(29)14-23(26(28)30)27(15-22-7-6-12-33-22)34(31,32)25-19(4)17(2)13-18(3)20(25)5/h6-13,23H,14-15H2,1-5H3. The van der Waals surface area contributed by atoms with E-state index in [1.807, 2.05) is 56.5 Å². The van der Waals surface area contributed by atoms with Crippen molar-refractivity contribution >= 4 is 38.9 Å². The third kappa shape index (κ3) is 4.21. The van der Waals surface area contributed by atoms with Gasteiger partial charge in [0, 0.05) is 11.4 Å². The number of aryl methyl sites for hydroxylation is 3. The average Bonchev–Trinajstić information content (AvgIpc) is 3.39. The number of hydrogen-bond donors (Lipinski definition) is 0. The van der Waals surface area contributed by atoms with E-state index in [-0.39, 0.29) is 17.9 Å². The van der Waals surface area contributed by atoms with E-state index in [4.69, 9.17) is 0 Å². The zero-order valence-corrected chi connectivity index (χ0v) is 21.6. The van der Waals surface area contributed by atoms with Crippen molar-refractivity contribution in [3.05, 3.63) is 80.5 Å². The lowest BCUT2D eigenvalue weighted by Gasteiger charge is -2.28. The van der Waals surface area contributed by atoms with Crippen LogP contribution < -0.4 is 4.90 Å². The number of amides is 2. The van der Waals surface area contributed by atoms with Crippen LogP contribution in [0.1, 0.15) is 39.1 Å². The fraction of sp³-hybridized carbons (Fsp3) is 0.308. The third-order valence-corrected chi connectivity index (χ3v) is 9.51. The van der Waals surface area contributed by atoms with Crippen LogP contribution in [0, 0.1) is 34.6 Å². The number of sulfonamides is 1. The van der Waals surface area contributed by atoms with Crippen LogP contribution in [0.3, 0.4) is 0 Å². The van der Waals surface area contributed by atoms with Crippen molar-refractivity contribution in [2.45, 2.75) is 58.5 Å². The van der Waals surface area contributed by atoms with E-state index in [0.29, 0.717) is 16.8 Å². The molecule has 1 fully saturated rings. The van der Waals surface area contributed by atoms with Gasteiger partial charge in [-0.25, -0.2) is 13.3 Å². The van der Waals surface area contributed by atoms with Gasteiger partial charge in [-0.2, -0.15) is 4.31 Å². The van der Waals surface area contributed by atoms with Gasteiger partial charge in [0.05, 0.1) is 17.0 Å². The molecule has 0 saturated carbocycles. The van der Waals surface area contributed by atoms with E-state index in [0.717, 1.165) is 26.5 Å². The highest BCUT2D eigenvalue weighted by atomic mass is 32.2. The minimum absolute atomic E-state index is 0.0251. The summed E-state index contributed by atoms with van der Waals surface area (Å²) in [6.07, 6.45) is -0.194. The minimum atomic E-state index is -4.10. The summed E-state index contributed by atoms with van der Waals surface area (Å²) >= 11 is 1.42. The van der Waals surface area contributed by atoms with Crippen LogP contribution in [0.25, 0.3) is 0 Å². The summed E-state index contributed by atoms with van der Waals surface area (Å²) in [4.78, 5) is 28.7. The molecule has 34 heavy (non-hydrogen) atoms. The highest BCUT2D eigenvalue weighted by molar-refractivity contribution is 7.89. The molecule has 3 aromatic rings. The average molecular weight is 497 g/mol. The number of carbonyl (C=O) groups is 2. The number of carbonyl (C=O) groups excluding carboxylic acids is 2. The monoisotopic (exact) mass is 496 g/mol. The molecule has 0 radical (unpaired) electrons. The number of imide groups is 1. The normalized spacial score (nSPS) is 16.6. The van der Waals surface area contributed by atoms with Gasteiger partial charge in [-0.15, -0.1) is 11.3 Å². The van der Waals surface area contributed by atoms with Crippen LogP contribution >= 0.6 is 11.3 Å². The molecule has 4 rings (SSSR count). The lowest BCUT2D eigenvalue weighted by atomic mass is 10.0. The third-order valence-electron chi connectivity index (χ3n) is 6.52. The first-order valence-electron chi connectivity index (χ1n) is 11.1. The van der Waals surface area contributed by atoms with Gasteiger partial charge in [0.15, 0.2) is 0 Å². The Morgan fingerprint density at radius 3 is 2.15 bits per heavy atom. The highest BCUT2D eigenvalue weighted by Crippen LogP contribution is 2.35. The lowest BCUT2D eigenvalue weighted by molar-refractivity contribution is -0.122. The van der Waals surface area contributed by atoms with E-state index >= 15 is 0 Å². The van der Waals surface area contributed by atoms with Gasteiger partial charge in [-0.3, -0.25) is 9.59 Å². The van der Waals surface area contributed by atoms with Gasteiger partial charge in [0.25, 0.3) is 5.91 Å². The fourth-order valence-electron chi connectivity index (χ4n) is 4.41. The Labute approximate surface area is 204 Å². The van der Waals surface area contributed by atoms with E-state index < -0.39 is 27.9 Å². The highest BCUT2D eigenvalue weighted by Gasteiger charge is 2.47. The molecule has 2 aromatic carbocycles. The van der Waals surface area contributed by atoms with Gasteiger partial charge in [0.2, 0.25) is 15.9 Å². The second kappa shape index (κ2) is 9.09.